The lowest BCUT2D eigenvalue weighted by atomic mass is 9.78. The van der Waals surface area contributed by atoms with Gasteiger partial charge in [-0.1, -0.05) is 72.8 Å². The summed E-state index contributed by atoms with van der Waals surface area (Å²) in [7, 11) is -0.426. The third kappa shape index (κ3) is 3.54. The number of fused-ring (bicyclic) bond motifs is 1. The molecule has 2 heterocycles. The first-order valence-corrected chi connectivity index (χ1v) is 10.6. The van der Waals surface area contributed by atoms with Gasteiger partial charge in [0.2, 0.25) is 0 Å². The van der Waals surface area contributed by atoms with E-state index in [1.807, 2.05) is 48.5 Å². The molecule has 4 nitrogen and oxygen atoms in total. The SMILES string of the molecule is CC1(C)OB(c2ccc3c(-c4ccccc4)nc(-c4ccccc4)nc3c2)OC1(C)C. The van der Waals surface area contributed by atoms with Crippen molar-refractivity contribution in [2.24, 2.45) is 0 Å². The number of nitrogens with zero attached hydrogens (tertiary/aromatic N) is 2. The maximum Gasteiger partial charge on any atom is 0.494 e. The lowest BCUT2D eigenvalue weighted by Crippen LogP contribution is -2.41. The number of benzene rings is 3. The summed E-state index contributed by atoms with van der Waals surface area (Å²) < 4.78 is 12.5. The topological polar surface area (TPSA) is 44.2 Å². The van der Waals surface area contributed by atoms with Gasteiger partial charge in [-0.2, -0.15) is 0 Å². The zero-order valence-electron chi connectivity index (χ0n) is 18.3. The minimum atomic E-state index is -0.426. The zero-order chi connectivity index (χ0) is 21.6. The Kier molecular flexibility index (Phi) is 4.69. The molecule has 31 heavy (non-hydrogen) atoms. The Morgan fingerprint density at radius 3 is 1.87 bits per heavy atom. The maximum atomic E-state index is 6.26. The van der Waals surface area contributed by atoms with E-state index in [9.17, 15) is 0 Å². The third-order valence-corrected chi connectivity index (χ3v) is 6.33. The van der Waals surface area contributed by atoms with Gasteiger partial charge in [0, 0.05) is 16.5 Å². The van der Waals surface area contributed by atoms with Gasteiger partial charge in [0.1, 0.15) is 0 Å². The van der Waals surface area contributed by atoms with Crippen molar-refractivity contribution in [1.82, 2.24) is 9.97 Å². The van der Waals surface area contributed by atoms with Crippen LogP contribution in [0.5, 0.6) is 0 Å². The molecule has 5 heteroatoms. The van der Waals surface area contributed by atoms with Crippen LogP contribution in [-0.2, 0) is 9.31 Å². The Morgan fingerprint density at radius 1 is 0.677 bits per heavy atom. The molecule has 0 atom stereocenters. The van der Waals surface area contributed by atoms with Crippen LogP contribution in [-0.4, -0.2) is 28.3 Å². The lowest BCUT2D eigenvalue weighted by molar-refractivity contribution is 0.00578. The molecule has 0 radical (unpaired) electrons. The molecule has 4 aromatic rings. The summed E-state index contributed by atoms with van der Waals surface area (Å²) in [5, 5.41) is 1.01. The minimum absolute atomic E-state index is 0.386. The van der Waals surface area contributed by atoms with Gasteiger partial charge in [-0.3, -0.25) is 0 Å². The molecule has 1 saturated heterocycles. The molecule has 3 aromatic carbocycles. The molecule has 1 fully saturated rings. The van der Waals surface area contributed by atoms with Gasteiger partial charge in [-0.25, -0.2) is 9.97 Å². The highest BCUT2D eigenvalue weighted by Gasteiger charge is 2.51. The van der Waals surface area contributed by atoms with Crippen molar-refractivity contribution in [1.29, 1.82) is 0 Å². The third-order valence-electron chi connectivity index (χ3n) is 6.33. The quantitative estimate of drug-likeness (QED) is 0.434. The van der Waals surface area contributed by atoms with Gasteiger partial charge >= 0.3 is 7.12 Å². The van der Waals surface area contributed by atoms with E-state index in [1.165, 1.54) is 0 Å². The molecule has 1 aliphatic rings. The highest BCUT2D eigenvalue weighted by molar-refractivity contribution is 6.62. The van der Waals surface area contributed by atoms with Crippen LogP contribution in [0.15, 0.2) is 78.9 Å². The van der Waals surface area contributed by atoms with Gasteiger partial charge < -0.3 is 9.31 Å². The smallest absolute Gasteiger partial charge is 0.399 e. The van der Waals surface area contributed by atoms with E-state index in [-0.39, 0.29) is 11.2 Å². The number of hydrogen-bond acceptors (Lipinski definition) is 4. The molecule has 0 aliphatic carbocycles. The van der Waals surface area contributed by atoms with E-state index in [2.05, 4.69) is 58.0 Å². The van der Waals surface area contributed by atoms with Crippen LogP contribution in [0.4, 0.5) is 0 Å². The molecule has 5 rings (SSSR count). The van der Waals surface area contributed by atoms with E-state index in [1.54, 1.807) is 0 Å². The highest BCUT2D eigenvalue weighted by Crippen LogP contribution is 2.37. The summed E-state index contributed by atoms with van der Waals surface area (Å²) in [6.45, 7) is 8.27. The average Bonchev–Trinajstić information content (AvgIpc) is 3.00. The van der Waals surface area contributed by atoms with Gasteiger partial charge in [-0.15, -0.1) is 0 Å². The zero-order valence-corrected chi connectivity index (χ0v) is 18.3. The molecule has 1 aromatic heterocycles. The van der Waals surface area contributed by atoms with Crippen LogP contribution < -0.4 is 5.46 Å². The highest BCUT2D eigenvalue weighted by atomic mass is 16.7. The monoisotopic (exact) mass is 408 g/mol. The van der Waals surface area contributed by atoms with Crippen molar-refractivity contribution in [3.8, 4) is 22.6 Å². The lowest BCUT2D eigenvalue weighted by Gasteiger charge is -2.32. The first-order chi connectivity index (χ1) is 14.8. The second kappa shape index (κ2) is 7.29. The van der Waals surface area contributed by atoms with E-state index in [0.717, 1.165) is 33.2 Å². The summed E-state index contributed by atoms with van der Waals surface area (Å²) in [5.41, 5.74) is 4.04. The molecule has 1 aliphatic heterocycles. The van der Waals surface area contributed by atoms with Gasteiger partial charge in [-0.05, 0) is 39.2 Å². The van der Waals surface area contributed by atoms with Crippen LogP contribution in [0.1, 0.15) is 27.7 Å². The molecule has 0 unspecified atom stereocenters. The minimum Gasteiger partial charge on any atom is -0.399 e. The molecule has 0 spiro atoms. The molecule has 0 bridgehead atoms. The molecule has 0 N–H and O–H groups in total. The summed E-state index contributed by atoms with van der Waals surface area (Å²) >= 11 is 0. The standard InChI is InChI=1S/C26H25BN2O2/c1-25(2)26(3,4)31-27(30-25)20-15-16-21-22(17-20)28-24(19-13-9-6-10-14-19)29-23(21)18-11-7-5-8-12-18/h5-17H,1-4H3. The fourth-order valence-corrected chi connectivity index (χ4v) is 3.80. The normalized spacial score (nSPS) is 17.2. The van der Waals surface area contributed by atoms with E-state index < -0.39 is 7.12 Å². The van der Waals surface area contributed by atoms with Crippen LogP contribution in [0.2, 0.25) is 0 Å². The summed E-state index contributed by atoms with van der Waals surface area (Å²) in [6, 6.07) is 26.5. The van der Waals surface area contributed by atoms with Crippen molar-refractivity contribution < 1.29 is 9.31 Å². The van der Waals surface area contributed by atoms with Gasteiger partial charge in [0.25, 0.3) is 0 Å². The molecule has 154 valence electrons. The first kappa shape index (κ1) is 19.9. The number of hydrogen-bond donors (Lipinski definition) is 0. The second-order valence-electron chi connectivity index (χ2n) is 8.99. The number of rotatable bonds is 3. The first-order valence-electron chi connectivity index (χ1n) is 10.6. The van der Waals surface area contributed by atoms with Crippen LogP contribution >= 0.6 is 0 Å². The largest absolute Gasteiger partial charge is 0.494 e. The summed E-state index contributed by atoms with van der Waals surface area (Å²) in [4.78, 5) is 9.86. The van der Waals surface area contributed by atoms with Crippen molar-refractivity contribution in [2.45, 2.75) is 38.9 Å². The van der Waals surface area contributed by atoms with Crippen molar-refractivity contribution in [3.63, 3.8) is 0 Å². The van der Waals surface area contributed by atoms with Crippen molar-refractivity contribution in [3.05, 3.63) is 78.9 Å². The fourth-order valence-electron chi connectivity index (χ4n) is 3.80. The van der Waals surface area contributed by atoms with Crippen LogP contribution in [0.3, 0.4) is 0 Å². The number of aromatic nitrogens is 2. The van der Waals surface area contributed by atoms with E-state index in [0.29, 0.717) is 5.82 Å². The van der Waals surface area contributed by atoms with Gasteiger partial charge in [0.05, 0.1) is 22.4 Å². The summed E-state index contributed by atoms with van der Waals surface area (Å²) in [6.07, 6.45) is 0. The molecular formula is C26H25BN2O2. The predicted molar refractivity (Wildman–Crippen MR) is 126 cm³/mol. The van der Waals surface area contributed by atoms with E-state index in [4.69, 9.17) is 19.3 Å². The van der Waals surface area contributed by atoms with Gasteiger partial charge in [0.15, 0.2) is 5.82 Å². The Morgan fingerprint density at radius 2 is 1.26 bits per heavy atom. The predicted octanol–water partition coefficient (Wildman–Crippen LogP) is 5.26. The van der Waals surface area contributed by atoms with E-state index >= 15 is 0 Å². The molecule has 0 amide bonds. The Bertz CT molecular complexity index is 1220. The average molecular weight is 408 g/mol. The fraction of sp³-hybridized carbons (Fsp3) is 0.231. The van der Waals surface area contributed by atoms with Crippen LogP contribution in [0, 0.1) is 0 Å². The maximum absolute atomic E-state index is 6.26. The Hall–Kier alpha value is -3.02. The van der Waals surface area contributed by atoms with Crippen molar-refractivity contribution in [2.75, 3.05) is 0 Å². The Labute approximate surface area is 183 Å². The molecule has 0 saturated carbocycles. The summed E-state index contributed by atoms with van der Waals surface area (Å²) in [5.74, 6) is 0.707. The molecular weight excluding hydrogens is 383 g/mol. The van der Waals surface area contributed by atoms with Crippen LogP contribution in [0.25, 0.3) is 33.5 Å². The second-order valence-corrected chi connectivity index (χ2v) is 8.99. The Balaban J connectivity index is 1.67. The van der Waals surface area contributed by atoms with Crippen molar-refractivity contribution >= 4 is 23.5 Å².